The Balaban J connectivity index is 1.39. The Morgan fingerprint density at radius 2 is 0.884 bits per heavy atom. The molecule has 0 fully saturated rings. The highest BCUT2D eigenvalue weighted by Gasteiger charge is 2.46. The molecule has 0 saturated carbocycles. The molecule has 6 aromatic carbocycles. The molecule has 0 radical (unpaired) electrons. The van der Waals surface area contributed by atoms with E-state index in [0.717, 1.165) is 17.1 Å². The zero-order valence-corrected chi connectivity index (χ0v) is 25.4. The van der Waals surface area contributed by atoms with Crippen molar-refractivity contribution in [1.29, 1.82) is 0 Å². The van der Waals surface area contributed by atoms with E-state index in [-0.39, 0.29) is 10.8 Å². The predicted molar refractivity (Wildman–Crippen MR) is 183 cm³/mol. The van der Waals surface area contributed by atoms with E-state index in [1.165, 1.54) is 44.5 Å². The summed E-state index contributed by atoms with van der Waals surface area (Å²) in [5.41, 5.74) is 13.9. The molecule has 6 aromatic rings. The Kier molecular flexibility index (Phi) is 6.55. The van der Waals surface area contributed by atoms with Crippen LogP contribution < -0.4 is 4.90 Å². The van der Waals surface area contributed by atoms with Crippen LogP contribution in [-0.4, -0.2) is 0 Å². The smallest absolute Gasteiger partial charge is 0.0467 e. The number of para-hydroxylation sites is 2. The maximum atomic E-state index is 2.45. The second-order valence-corrected chi connectivity index (χ2v) is 12.7. The predicted octanol–water partition coefficient (Wildman–Crippen LogP) is 11.7. The topological polar surface area (TPSA) is 3.24 Å². The van der Waals surface area contributed by atoms with Crippen LogP contribution in [-0.2, 0) is 10.8 Å². The van der Waals surface area contributed by atoms with Gasteiger partial charge in [0.1, 0.15) is 0 Å². The first-order valence-corrected chi connectivity index (χ1v) is 15.2. The van der Waals surface area contributed by atoms with Crippen LogP contribution in [0.15, 0.2) is 152 Å². The van der Waals surface area contributed by atoms with Crippen LogP contribution in [0.25, 0.3) is 33.4 Å². The third-order valence-electron chi connectivity index (χ3n) is 9.81. The van der Waals surface area contributed by atoms with Gasteiger partial charge in [-0.2, -0.15) is 0 Å². The summed E-state index contributed by atoms with van der Waals surface area (Å²) in [7, 11) is 0. The molecule has 0 aliphatic heterocycles. The molecule has 7 rings (SSSR count). The molecule has 1 aliphatic carbocycles. The van der Waals surface area contributed by atoms with E-state index in [1.807, 2.05) is 0 Å². The minimum atomic E-state index is -0.0711. The van der Waals surface area contributed by atoms with E-state index in [4.69, 9.17) is 0 Å². The van der Waals surface area contributed by atoms with Gasteiger partial charge in [0, 0.05) is 17.1 Å². The first kappa shape index (κ1) is 27.0. The molecule has 0 heterocycles. The van der Waals surface area contributed by atoms with Gasteiger partial charge in [0.25, 0.3) is 0 Å². The lowest BCUT2D eigenvalue weighted by Gasteiger charge is -2.49. The maximum absolute atomic E-state index is 2.45. The molecule has 0 N–H and O–H groups in total. The summed E-state index contributed by atoms with van der Waals surface area (Å²) >= 11 is 0. The minimum Gasteiger partial charge on any atom is -0.310 e. The van der Waals surface area contributed by atoms with E-state index in [2.05, 4.69) is 184 Å². The standard InChI is InChI=1S/C42H37N/c1-41(2)38-25-15-24-36(30-16-8-5-9-17-30)40(38)37-27-26-32(29-39(37)42(41,3)4)31-18-14-23-35(28-31)43(33-19-10-6-11-20-33)34-21-12-7-13-22-34/h5-29H,1-4H3. The molecule has 0 amide bonds. The van der Waals surface area contributed by atoms with Crippen LogP contribution in [0.4, 0.5) is 17.1 Å². The summed E-state index contributed by atoms with van der Waals surface area (Å²) in [5.74, 6) is 0. The number of benzene rings is 6. The Hall–Kier alpha value is -4.88. The van der Waals surface area contributed by atoms with E-state index in [0.29, 0.717) is 0 Å². The lowest BCUT2D eigenvalue weighted by Crippen LogP contribution is -2.43. The second kappa shape index (κ2) is 10.4. The summed E-state index contributed by atoms with van der Waals surface area (Å²) < 4.78 is 0. The number of anilines is 3. The van der Waals surface area contributed by atoms with Gasteiger partial charge in [0.2, 0.25) is 0 Å². The zero-order chi connectivity index (χ0) is 29.6. The Morgan fingerprint density at radius 1 is 0.372 bits per heavy atom. The molecular weight excluding hydrogens is 518 g/mol. The summed E-state index contributed by atoms with van der Waals surface area (Å²) in [4.78, 5) is 2.33. The van der Waals surface area contributed by atoms with E-state index < -0.39 is 0 Å². The van der Waals surface area contributed by atoms with Gasteiger partial charge < -0.3 is 4.90 Å². The quantitative estimate of drug-likeness (QED) is 0.204. The van der Waals surface area contributed by atoms with E-state index in [1.54, 1.807) is 0 Å². The van der Waals surface area contributed by atoms with Gasteiger partial charge in [-0.05, 0) is 97.8 Å². The monoisotopic (exact) mass is 555 g/mol. The third-order valence-corrected chi connectivity index (χ3v) is 9.81. The fourth-order valence-electron chi connectivity index (χ4n) is 6.78. The van der Waals surface area contributed by atoms with Gasteiger partial charge in [0.05, 0.1) is 0 Å². The van der Waals surface area contributed by atoms with Gasteiger partial charge in [-0.3, -0.25) is 0 Å². The molecule has 0 saturated heterocycles. The van der Waals surface area contributed by atoms with Crippen molar-refractivity contribution in [3.05, 3.63) is 163 Å². The number of nitrogens with zero attached hydrogens (tertiary/aromatic N) is 1. The van der Waals surface area contributed by atoms with Crippen LogP contribution >= 0.6 is 0 Å². The van der Waals surface area contributed by atoms with Crippen LogP contribution in [0.5, 0.6) is 0 Å². The molecule has 0 spiro atoms. The first-order valence-electron chi connectivity index (χ1n) is 15.2. The lowest BCUT2D eigenvalue weighted by molar-refractivity contribution is 0.299. The first-order chi connectivity index (χ1) is 20.9. The van der Waals surface area contributed by atoms with Crippen molar-refractivity contribution >= 4 is 17.1 Å². The van der Waals surface area contributed by atoms with Crippen LogP contribution in [0, 0.1) is 0 Å². The van der Waals surface area contributed by atoms with Gasteiger partial charge in [0.15, 0.2) is 0 Å². The summed E-state index contributed by atoms with van der Waals surface area (Å²) in [6.07, 6.45) is 0. The normalized spacial score (nSPS) is 14.4. The Bertz CT molecular complexity index is 1860. The number of fused-ring (bicyclic) bond motifs is 3. The highest BCUT2D eigenvalue weighted by molar-refractivity contribution is 5.91. The van der Waals surface area contributed by atoms with Crippen LogP contribution in [0.2, 0.25) is 0 Å². The summed E-state index contributed by atoms with van der Waals surface area (Å²) in [6, 6.07) is 55.0. The average molecular weight is 556 g/mol. The van der Waals surface area contributed by atoms with Crippen molar-refractivity contribution < 1.29 is 0 Å². The van der Waals surface area contributed by atoms with Crippen LogP contribution in [0.1, 0.15) is 38.8 Å². The van der Waals surface area contributed by atoms with Crippen molar-refractivity contribution in [2.75, 3.05) is 4.90 Å². The van der Waals surface area contributed by atoms with Crippen molar-refractivity contribution in [1.82, 2.24) is 0 Å². The SMILES string of the molecule is CC1(C)c2cc(-c3cccc(N(c4ccccc4)c4ccccc4)c3)ccc2-c2c(-c3ccccc3)cccc2C1(C)C. The number of hydrogen-bond acceptors (Lipinski definition) is 1. The van der Waals surface area contributed by atoms with E-state index in [9.17, 15) is 0 Å². The molecule has 0 bridgehead atoms. The zero-order valence-electron chi connectivity index (χ0n) is 25.4. The molecule has 43 heavy (non-hydrogen) atoms. The number of rotatable bonds is 5. The lowest BCUT2D eigenvalue weighted by atomic mass is 9.54. The van der Waals surface area contributed by atoms with Gasteiger partial charge in [-0.25, -0.2) is 0 Å². The van der Waals surface area contributed by atoms with Gasteiger partial charge >= 0.3 is 0 Å². The highest BCUT2D eigenvalue weighted by atomic mass is 15.1. The van der Waals surface area contributed by atoms with Crippen molar-refractivity contribution in [3.8, 4) is 33.4 Å². The average Bonchev–Trinajstić information content (AvgIpc) is 3.05. The molecule has 210 valence electrons. The highest BCUT2D eigenvalue weighted by Crippen LogP contribution is 2.56. The van der Waals surface area contributed by atoms with Gasteiger partial charge in [-0.1, -0.05) is 137 Å². The third kappa shape index (κ3) is 4.48. The fourth-order valence-corrected chi connectivity index (χ4v) is 6.78. The van der Waals surface area contributed by atoms with Crippen LogP contribution in [0.3, 0.4) is 0 Å². The molecule has 1 heteroatoms. The number of hydrogen-bond donors (Lipinski definition) is 0. The second-order valence-electron chi connectivity index (χ2n) is 12.7. The van der Waals surface area contributed by atoms with E-state index >= 15 is 0 Å². The Morgan fingerprint density at radius 3 is 1.53 bits per heavy atom. The van der Waals surface area contributed by atoms with Crippen molar-refractivity contribution in [3.63, 3.8) is 0 Å². The Labute approximate surface area is 256 Å². The molecular formula is C42H37N. The minimum absolute atomic E-state index is 0.0575. The molecule has 1 nitrogen and oxygen atoms in total. The van der Waals surface area contributed by atoms with Gasteiger partial charge in [-0.15, -0.1) is 0 Å². The summed E-state index contributed by atoms with van der Waals surface area (Å²) in [5, 5.41) is 0. The van der Waals surface area contributed by atoms with Crippen molar-refractivity contribution in [2.45, 2.75) is 38.5 Å². The maximum Gasteiger partial charge on any atom is 0.0467 e. The molecule has 0 unspecified atom stereocenters. The molecule has 0 aromatic heterocycles. The summed E-state index contributed by atoms with van der Waals surface area (Å²) in [6.45, 7) is 9.65. The van der Waals surface area contributed by atoms with Crippen molar-refractivity contribution in [2.24, 2.45) is 0 Å². The molecule has 0 atom stereocenters. The largest absolute Gasteiger partial charge is 0.310 e. The molecule has 1 aliphatic rings. The fraction of sp³-hybridized carbons (Fsp3) is 0.143.